The van der Waals surface area contributed by atoms with Crippen LogP contribution >= 0.6 is 0 Å². The second-order valence-corrected chi connectivity index (χ2v) is 12.3. The van der Waals surface area contributed by atoms with Gasteiger partial charge < -0.3 is 23.7 Å². The first-order valence-corrected chi connectivity index (χ1v) is 14.8. The number of ether oxygens (including phenoxy) is 5. The Hall–Kier alpha value is -3.79. The first kappa shape index (κ1) is 30.7. The lowest BCUT2D eigenvalue weighted by molar-refractivity contribution is -0.287. The Kier molecular flexibility index (Phi) is 8.35. The van der Waals surface area contributed by atoms with Crippen LogP contribution < -0.4 is 0 Å². The average molecular weight is 594 g/mol. The van der Waals surface area contributed by atoms with Crippen LogP contribution in [0.3, 0.4) is 0 Å². The second kappa shape index (κ2) is 11.7. The maximum Gasteiger partial charge on any atom is 0.339 e. The molecule has 5 rings (SSSR count). The highest BCUT2D eigenvalue weighted by atomic mass is 16.6. The lowest BCUT2D eigenvalue weighted by atomic mass is 9.49. The van der Waals surface area contributed by atoms with Crippen LogP contribution in [-0.4, -0.2) is 65.0 Å². The summed E-state index contributed by atoms with van der Waals surface area (Å²) in [5, 5.41) is 0. The molecule has 1 spiro atoms. The molecule has 3 aliphatic rings. The number of pyridine rings is 1. The summed E-state index contributed by atoms with van der Waals surface area (Å²) in [4.78, 5) is 56.6. The molecule has 0 amide bonds. The minimum atomic E-state index is -1.41. The molecule has 230 valence electrons. The molecule has 1 aromatic carbocycles. The van der Waals surface area contributed by atoms with Gasteiger partial charge in [0.2, 0.25) is 0 Å². The highest BCUT2D eigenvalue weighted by Crippen LogP contribution is 2.67. The largest absolute Gasteiger partial charge is 0.461 e. The van der Waals surface area contributed by atoms with Gasteiger partial charge in [0.05, 0.1) is 22.3 Å². The summed E-state index contributed by atoms with van der Waals surface area (Å²) < 4.78 is 31.5. The van der Waals surface area contributed by atoms with E-state index in [-0.39, 0.29) is 30.4 Å². The molecule has 2 aromatic rings. The number of esters is 4. The third kappa shape index (κ3) is 5.30. The van der Waals surface area contributed by atoms with Gasteiger partial charge in [-0.1, -0.05) is 32.0 Å². The third-order valence-electron chi connectivity index (χ3n) is 9.53. The summed E-state index contributed by atoms with van der Waals surface area (Å²) in [5.74, 6) is -2.78. The SMILES string of the molecule is CCC(=O)O[C@@H]1CC[C@@H](C)[C@@]23C[C@@H]([C@H](OC(C)=O)[C@@H](OC(=O)c4ccccc4)[C@@]12COC(=O)c1cccnc1)C(C)(C)O3. The maximum atomic E-state index is 13.8. The van der Waals surface area contributed by atoms with Crippen molar-refractivity contribution < 1.29 is 42.9 Å². The maximum absolute atomic E-state index is 13.8. The van der Waals surface area contributed by atoms with Gasteiger partial charge in [-0.3, -0.25) is 14.6 Å². The molecule has 3 fully saturated rings. The number of nitrogens with zero attached hydrogens (tertiary/aromatic N) is 1. The van der Waals surface area contributed by atoms with Crippen molar-refractivity contribution in [3.8, 4) is 0 Å². The van der Waals surface area contributed by atoms with Gasteiger partial charge in [0, 0.05) is 31.7 Å². The second-order valence-electron chi connectivity index (χ2n) is 12.3. The van der Waals surface area contributed by atoms with Crippen molar-refractivity contribution in [2.45, 2.75) is 89.8 Å². The van der Waals surface area contributed by atoms with Gasteiger partial charge in [0.1, 0.15) is 24.2 Å². The smallest absolute Gasteiger partial charge is 0.339 e. The molecule has 10 nitrogen and oxygen atoms in total. The molecule has 10 heteroatoms. The van der Waals surface area contributed by atoms with Crippen LogP contribution in [0.5, 0.6) is 0 Å². The van der Waals surface area contributed by atoms with Crippen molar-refractivity contribution in [1.29, 1.82) is 0 Å². The zero-order chi connectivity index (χ0) is 31.0. The van der Waals surface area contributed by atoms with E-state index in [0.717, 1.165) is 0 Å². The van der Waals surface area contributed by atoms with E-state index in [9.17, 15) is 19.2 Å². The molecule has 43 heavy (non-hydrogen) atoms. The molecule has 2 bridgehead atoms. The van der Waals surface area contributed by atoms with Crippen molar-refractivity contribution in [2.75, 3.05) is 6.61 Å². The molecule has 0 unspecified atom stereocenters. The first-order valence-electron chi connectivity index (χ1n) is 14.8. The van der Waals surface area contributed by atoms with Crippen molar-refractivity contribution in [3.05, 3.63) is 66.0 Å². The number of carbonyl (C=O) groups is 4. The number of fused-ring (bicyclic) bond motifs is 1. The zero-order valence-corrected chi connectivity index (χ0v) is 25.2. The van der Waals surface area contributed by atoms with Crippen LogP contribution in [0.2, 0.25) is 0 Å². The number of rotatable bonds is 8. The minimum absolute atomic E-state index is 0.110. The lowest BCUT2D eigenvalue weighted by Gasteiger charge is -2.61. The van der Waals surface area contributed by atoms with E-state index in [2.05, 4.69) is 11.9 Å². The Morgan fingerprint density at radius 2 is 1.67 bits per heavy atom. The fourth-order valence-corrected chi connectivity index (χ4v) is 7.53. The Bertz CT molecular complexity index is 1360. The standard InChI is InChI=1S/C33H39NO9/c1-6-26(36)41-25-15-14-20(2)33-17-24(31(4,5)43-33)27(40-21(3)35)28(42-30(38)22-11-8-7-9-12-22)32(25,33)19-39-29(37)23-13-10-16-34-18-23/h7-13,16,18,20,24-25,27-28H,6,14-15,17,19H2,1-5H3/t20-,24+,25-,27+,28-,32-,33+/m1/s1. The number of hydrogen-bond acceptors (Lipinski definition) is 10. The molecule has 2 heterocycles. The fraction of sp³-hybridized carbons (Fsp3) is 0.545. The van der Waals surface area contributed by atoms with Gasteiger partial charge in [0.15, 0.2) is 6.10 Å². The summed E-state index contributed by atoms with van der Waals surface area (Å²) >= 11 is 0. The van der Waals surface area contributed by atoms with Crippen LogP contribution in [0.4, 0.5) is 0 Å². The van der Waals surface area contributed by atoms with Gasteiger partial charge >= 0.3 is 23.9 Å². The molecule has 7 atom stereocenters. The van der Waals surface area contributed by atoms with Gasteiger partial charge in [0.25, 0.3) is 0 Å². The lowest BCUT2D eigenvalue weighted by Crippen LogP contribution is -2.74. The van der Waals surface area contributed by atoms with Crippen molar-refractivity contribution in [1.82, 2.24) is 4.98 Å². The van der Waals surface area contributed by atoms with Gasteiger partial charge in [-0.2, -0.15) is 0 Å². The van der Waals surface area contributed by atoms with Gasteiger partial charge in [-0.25, -0.2) is 9.59 Å². The molecular formula is C33H39NO9. The third-order valence-corrected chi connectivity index (χ3v) is 9.53. The van der Waals surface area contributed by atoms with Crippen LogP contribution in [-0.2, 0) is 33.3 Å². The predicted octanol–water partition coefficient (Wildman–Crippen LogP) is 4.70. The Labute approximate surface area is 251 Å². The van der Waals surface area contributed by atoms with E-state index in [1.54, 1.807) is 55.6 Å². The molecule has 0 N–H and O–H groups in total. The van der Waals surface area contributed by atoms with Crippen molar-refractivity contribution >= 4 is 23.9 Å². The number of hydrogen-bond donors (Lipinski definition) is 0. The van der Waals surface area contributed by atoms with Crippen LogP contribution in [0, 0.1) is 17.3 Å². The highest BCUT2D eigenvalue weighted by molar-refractivity contribution is 5.90. The van der Waals surface area contributed by atoms with Crippen molar-refractivity contribution in [2.24, 2.45) is 17.3 Å². The van der Waals surface area contributed by atoms with Crippen molar-refractivity contribution in [3.63, 3.8) is 0 Å². The first-order chi connectivity index (χ1) is 20.4. The van der Waals surface area contributed by atoms with E-state index >= 15 is 0 Å². The summed E-state index contributed by atoms with van der Waals surface area (Å²) in [6.07, 6.45) is 1.51. The quantitative estimate of drug-likeness (QED) is 0.314. The van der Waals surface area contributed by atoms with Crippen LogP contribution in [0.1, 0.15) is 81.0 Å². The number of aromatic nitrogens is 1. The Balaban J connectivity index is 1.70. The number of benzene rings is 1. The summed E-state index contributed by atoms with van der Waals surface area (Å²) in [6, 6.07) is 11.7. The molecule has 2 aliphatic carbocycles. The van der Waals surface area contributed by atoms with Crippen LogP contribution in [0.25, 0.3) is 0 Å². The highest BCUT2D eigenvalue weighted by Gasteiger charge is 2.79. The molecule has 1 aliphatic heterocycles. The van der Waals surface area contributed by atoms with E-state index in [1.807, 2.05) is 13.8 Å². The summed E-state index contributed by atoms with van der Waals surface area (Å²) in [6.45, 7) is 8.57. The Morgan fingerprint density at radius 1 is 0.953 bits per heavy atom. The van der Waals surface area contributed by atoms with Crippen LogP contribution in [0.15, 0.2) is 54.9 Å². The van der Waals surface area contributed by atoms with E-state index in [4.69, 9.17) is 23.7 Å². The average Bonchev–Trinajstić information content (AvgIpc) is 3.26. The molecule has 1 aromatic heterocycles. The topological polar surface area (TPSA) is 127 Å². The van der Waals surface area contributed by atoms with E-state index in [0.29, 0.717) is 24.8 Å². The van der Waals surface area contributed by atoms with Gasteiger partial charge in [-0.15, -0.1) is 0 Å². The monoisotopic (exact) mass is 593 g/mol. The molecule has 0 radical (unpaired) electrons. The molecule has 1 saturated heterocycles. The summed E-state index contributed by atoms with van der Waals surface area (Å²) in [7, 11) is 0. The van der Waals surface area contributed by atoms with E-state index < -0.39 is 58.8 Å². The zero-order valence-electron chi connectivity index (χ0n) is 25.2. The van der Waals surface area contributed by atoms with Gasteiger partial charge in [-0.05, 0) is 63.3 Å². The molecular weight excluding hydrogens is 554 g/mol. The summed E-state index contributed by atoms with van der Waals surface area (Å²) in [5.41, 5.74) is -2.76. The normalized spacial score (nSPS) is 32.2. The molecule has 2 saturated carbocycles. The Morgan fingerprint density at radius 3 is 2.33 bits per heavy atom. The minimum Gasteiger partial charge on any atom is -0.461 e. The fourth-order valence-electron chi connectivity index (χ4n) is 7.53. The van der Waals surface area contributed by atoms with E-state index in [1.165, 1.54) is 13.1 Å². The number of carbonyl (C=O) groups excluding carboxylic acids is 4. The predicted molar refractivity (Wildman–Crippen MR) is 153 cm³/mol.